The van der Waals surface area contributed by atoms with E-state index in [1.165, 1.54) is 0 Å². The summed E-state index contributed by atoms with van der Waals surface area (Å²) >= 11 is 0. The molecule has 0 saturated heterocycles. The van der Waals surface area contributed by atoms with Crippen LogP contribution in [0.4, 0.5) is 24.5 Å². The Morgan fingerprint density at radius 3 is 2.45 bits per heavy atom. The van der Waals surface area contributed by atoms with E-state index in [2.05, 4.69) is 15.5 Å². The minimum atomic E-state index is -4.80. The fraction of sp³-hybridized carbons (Fsp3) is 0.0909. The highest BCUT2D eigenvalue weighted by Crippen LogP contribution is 2.37. The number of aryl methyl sites for hydroxylation is 1. The molecule has 2 aromatic carbocycles. The molecule has 0 aliphatic rings. The van der Waals surface area contributed by atoms with Crippen LogP contribution in [0.2, 0.25) is 0 Å². The number of aromatic nitrogens is 2. The molecule has 0 bridgehead atoms. The summed E-state index contributed by atoms with van der Waals surface area (Å²) in [6, 6.07) is 13.3. The molecule has 31 heavy (non-hydrogen) atoms. The first-order valence-electron chi connectivity index (χ1n) is 9.16. The van der Waals surface area contributed by atoms with Gasteiger partial charge >= 0.3 is 6.18 Å². The molecule has 0 unspecified atom stereocenters. The number of amides is 1. The van der Waals surface area contributed by atoms with Crippen LogP contribution >= 0.6 is 0 Å². The first-order chi connectivity index (χ1) is 14.7. The van der Waals surface area contributed by atoms with Crippen LogP contribution in [0.15, 0.2) is 72.2 Å². The molecule has 4 rings (SSSR count). The fourth-order valence-corrected chi connectivity index (χ4v) is 3.15. The molecule has 0 spiro atoms. The molecule has 156 valence electrons. The fourth-order valence-electron chi connectivity index (χ4n) is 3.15. The van der Waals surface area contributed by atoms with Gasteiger partial charge in [-0.05, 0) is 54.1 Å². The summed E-state index contributed by atoms with van der Waals surface area (Å²) in [5, 5.41) is 4.92. The summed E-state index contributed by atoms with van der Waals surface area (Å²) in [5.74, 6) is -0.737. The van der Waals surface area contributed by atoms with E-state index in [1.807, 2.05) is 35.9 Å². The van der Waals surface area contributed by atoms with E-state index in [0.717, 1.165) is 34.6 Å². The Morgan fingerprint density at radius 2 is 1.77 bits per heavy atom. The Hall–Kier alpha value is -4.01. The van der Waals surface area contributed by atoms with Crippen molar-refractivity contribution in [1.29, 1.82) is 0 Å². The van der Waals surface area contributed by atoms with Crippen molar-refractivity contribution < 1.29 is 18.0 Å². The Bertz CT molecular complexity index is 1290. The second-order valence-corrected chi connectivity index (χ2v) is 6.95. The zero-order chi connectivity index (χ0) is 22.2. The van der Waals surface area contributed by atoms with Crippen molar-refractivity contribution in [3.63, 3.8) is 0 Å². The number of nitrogens with zero attached hydrogens (tertiary/aromatic N) is 3. The molecule has 0 radical (unpaired) electrons. The van der Waals surface area contributed by atoms with Gasteiger partial charge in [0.1, 0.15) is 11.3 Å². The lowest BCUT2D eigenvalue weighted by Crippen LogP contribution is -2.14. The zero-order valence-corrected chi connectivity index (χ0v) is 16.1. The Labute approximate surface area is 174 Å². The second-order valence-electron chi connectivity index (χ2n) is 6.95. The van der Waals surface area contributed by atoms with Crippen molar-refractivity contribution >= 4 is 22.9 Å². The lowest BCUT2D eigenvalue weighted by molar-refractivity contribution is -0.137. The van der Waals surface area contributed by atoms with E-state index in [9.17, 15) is 22.9 Å². The number of carbonyl (C=O) groups is 1. The van der Waals surface area contributed by atoms with Crippen molar-refractivity contribution in [2.75, 3.05) is 5.32 Å². The van der Waals surface area contributed by atoms with E-state index in [1.54, 1.807) is 24.3 Å². The number of rotatable bonds is 4. The molecule has 2 aromatic heterocycles. The first-order valence-corrected chi connectivity index (χ1v) is 9.16. The van der Waals surface area contributed by atoms with Crippen molar-refractivity contribution in [2.45, 2.75) is 13.1 Å². The maximum atomic E-state index is 13.1. The van der Waals surface area contributed by atoms with Gasteiger partial charge in [-0.15, -0.1) is 4.91 Å². The number of hydrogen-bond donors (Lipinski definition) is 1. The van der Waals surface area contributed by atoms with Crippen molar-refractivity contribution in [2.24, 2.45) is 5.18 Å². The zero-order valence-electron chi connectivity index (χ0n) is 16.1. The SMILES string of the molecule is Cc1ccc2nc(-c3ccc(NC(=O)c4ccc(N=O)c(C(F)(F)F)c4)cc3)cn2c1. The largest absolute Gasteiger partial charge is 0.418 e. The number of nitrogens with one attached hydrogen (secondary N) is 1. The van der Waals surface area contributed by atoms with Gasteiger partial charge in [-0.25, -0.2) is 4.98 Å². The molecule has 4 aromatic rings. The summed E-state index contributed by atoms with van der Waals surface area (Å²) in [5.41, 5.74) is 1.60. The highest BCUT2D eigenvalue weighted by atomic mass is 19.4. The minimum Gasteiger partial charge on any atom is -0.322 e. The molecule has 0 fully saturated rings. The monoisotopic (exact) mass is 424 g/mol. The average Bonchev–Trinajstić information content (AvgIpc) is 3.16. The van der Waals surface area contributed by atoms with Gasteiger partial charge < -0.3 is 9.72 Å². The van der Waals surface area contributed by atoms with Crippen LogP contribution in [0.5, 0.6) is 0 Å². The minimum absolute atomic E-state index is 0.237. The highest BCUT2D eigenvalue weighted by molar-refractivity contribution is 6.04. The molecular weight excluding hydrogens is 409 g/mol. The molecule has 9 heteroatoms. The van der Waals surface area contributed by atoms with Crippen molar-refractivity contribution in [1.82, 2.24) is 9.38 Å². The molecule has 0 aliphatic carbocycles. The molecule has 0 saturated carbocycles. The summed E-state index contributed by atoms with van der Waals surface area (Å²) in [6.07, 6.45) is -0.952. The topological polar surface area (TPSA) is 75.8 Å². The van der Waals surface area contributed by atoms with Crippen molar-refractivity contribution in [3.8, 4) is 11.3 Å². The molecule has 1 N–H and O–H groups in total. The van der Waals surface area contributed by atoms with Crippen molar-refractivity contribution in [3.05, 3.63) is 88.6 Å². The number of anilines is 1. The number of nitroso groups, excluding NO2 is 1. The Balaban J connectivity index is 1.55. The quantitative estimate of drug-likeness (QED) is 0.410. The summed E-state index contributed by atoms with van der Waals surface area (Å²) in [7, 11) is 0. The van der Waals surface area contributed by atoms with E-state index >= 15 is 0 Å². The van der Waals surface area contributed by atoms with Gasteiger partial charge in [-0.1, -0.05) is 18.2 Å². The number of fused-ring (bicyclic) bond motifs is 1. The van der Waals surface area contributed by atoms with E-state index < -0.39 is 23.3 Å². The van der Waals surface area contributed by atoms with Gasteiger partial charge in [0.05, 0.1) is 11.3 Å². The average molecular weight is 424 g/mol. The molecule has 1 amide bonds. The van der Waals surface area contributed by atoms with Crippen LogP contribution in [0, 0.1) is 11.8 Å². The summed E-state index contributed by atoms with van der Waals surface area (Å²) in [4.78, 5) is 27.6. The number of benzene rings is 2. The predicted octanol–water partition coefficient (Wildman–Crippen LogP) is 5.98. The highest BCUT2D eigenvalue weighted by Gasteiger charge is 2.34. The van der Waals surface area contributed by atoms with Gasteiger partial charge in [0.2, 0.25) is 0 Å². The summed E-state index contributed by atoms with van der Waals surface area (Å²) < 4.78 is 41.1. The third-order valence-corrected chi connectivity index (χ3v) is 4.70. The van der Waals surface area contributed by atoms with Gasteiger partial charge in [0.15, 0.2) is 0 Å². The van der Waals surface area contributed by atoms with Crippen LogP contribution in [-0.2, 0) is 6.18 Å². The number of hydrogen-bond acceptors (Lipinski definition) is 4. The molecular formula is C22H15F3N4O2. The number of pyridine rings is 1. The van der Waals surface area contributed by atoms with Crippen LogP contribution in [-0.4, -0.2) is 15.3 Å². The molecule has 6 nitrogen and oxygen atoms in total. The molecule has 2 heterocycles. The van der Waals surface area contributed by atoms with E-state index in [4.69, 9.17) is 0 Å². The van der Waals surface area contributed by atoms with E-state index in [-0.39, 0.29) is 5.56 Å². The van der Waals surface area contributed by atoms with Gasteiger partial charge in [0, 0.05) is 29.2 Å². The normalized spacial score (nSPS) is 11.5. The second kappa shape index (κ2) is 7.67. The number of alkyl halides is 3. The maximum absolute atomic E-state index is 13.1. The van der Waals surface area contributed by atoms with Gasteiger partial charge in [0.25, 0.3) is 5.91 Å². The lowest BCUT2D eigenvalue weighted by atomic mass is 10.1. The van der Waals surface area contributed by atoms with Crippen LogP contribution in [0.1, 0.15) is 21.5 Å². The van der Waals surface area contributed by atoms with Gasteiger partial charge in [-0.2, -0.15) is 13.2 Å². The standard InChI is InChI=1S/C22H15F3N4O2/c1-13-2-9-20-27-19(12-29(20)11-13)14-3-6-16(7-4-14)26-21(30)15-5-8-18(28-31)17(10-15)22(23,24)25/h2-12H,1H3,(H,26,30). The van der Waals surface area contributed by atoms with Crippen LogP contribution < -0.4 is 5.32 Å². The predicted molar refractivity (Wildman–Crippen MR) is 110 cm³/mol. The van der Waals surface area contributed by atoms with Crippen LogP contribution in [0.25, 0.3) is 16.9 Å². The van der Waals surface area contributed by atoms with E-state index in [0.29, 0.717) is 11.8 Å². The lowest BCUT2D eigenvalue weighted by Gasteiger charge is -2.11. The first kappa shape index (κ1) is 20.3. The smallest absolute Gasteiger partial charge is 0.322 e. The number of imidazole rings is 1. The molecule has 0 aliphatic heterocycles. The Kier molecular flexibility index (Phi) is 5.02. The number of halogens is 3. The maximum Gasteiger partial charge on any atom is 0.418 e. The van der Waals surface area contributed by atoms with Gasteiger partial charge in [-0.3, -0.25) is 4.79 Å². The van der Waals surface area contributed by atoms with Crippen LogP contribution in [0.3, 0.4) is 0 Å². The third-order valence-electron chi connectivity index (χ3n) is 4.70. The number of carbonyl (C=O) groups excluding carboxylic acids is 1. The molecule has 0 atom stereocenters. The summed E-state index contributed by atoms with van der Waals surface area (Å²) in [6.45, 7) is 1.98. The third kappa shape index (κ3) is 4.16. The Morgan fingerprint density at radius 1 is 1.03 bits per heavy atom.